The molecular formula is C21H23ClN6O2S. The molecule has 3 aromatic rings. The summed E-state index contributed by atoms with van der Waals surface area (Å²) in [6.07, 6.45) is 3.20. The summed E-state index contributed by atoms with van der Waals surface area (Å²) in [7, 11) is 2.09. The number of halogens is 1. The van der Waals surface area contributed by atoms with Crippen LogP contribution in [0.5, 0.6) is 0 Å². The van der Waals surface area contributed by atoms with E-state index in [1.807, 2.05) is 28.5 Å². The van der Waals surface area contributed by atoms with Gasteiger partial charge in [-0.2, -0.15) is 4.98 Å². The molecule has 10 heteroatoms. The van der Waals surface area contributed by atoms with Gasteiger partial charge in [0.1, 0.15) is 21.2 Å². The smallest absolute Gasteiger partial charge is 0.222 e. The number of nitrogen functional groups attached to an aromatic ring is 1. The number of fused-ring (bicyclic) bond motifs is 2. The highest BCUT2D eigenvalue weighted by Crippen LogP contribution is 2.49. The molecule has 0 saturated carbocycles. The topological polar surface area (TPSA) is 101 Å². The van der Waals surface area contributed by atoms with Crippen molar-refractivity contribution in [2.24, 2.45) is 0 Å². The molecule has 31 heavy (non-hydrogen) atoms. The Morgan fingerprint density at radius 3 is 2.90 bits per heavy atom. The van der Waals surface area contributed by atoms with Crippen LogP contribution in [0.4, 0.5) is 17.5 Å². The maximum Gasteiger partial charge on any atom is 0.222 e. The van der Waals surface area contributed by atoms with Gasteiger partial charge in [0, 0.05) is 35.9 Å². The summed E-state index contributed by atoms with van der Waals surface area (Å²) in [5, 5.41) is 14.2. The highest BCUT2D eigenvalue weighted by molar-refractivity contribution is 7.09. The summed E-state index contributed by atoms with van der Waals surface area (Å²) in [4.78, 5) is 17.0. The van der Waals surface area contributed by atoms with Crippen molar-refractivity contribution in [2.45, 2.75) is 18.1 Å². The van der Waals surface area contributed by atoms with E-state index in [9.17, 15) is 5.11 Å². The van der Waals surface area contributed by atoms with Crippen LogP contribution < -0.4 is 10.6 Å². The van der Waals surface area contributed by atoms with Gasteiger partial charge < -0.3 is 25.4 Å². The number of aliphatic hydroxyl groups is 1. The van der Waals surface area contributed by atoms with E-state index in [4.69, 9.17) is 22.1 Å². The minimum Gasteiger partial charge on any atom is -0.378 e. The van der Waals surface area contributed by atoms with Gasteiger partial charge >= 0.3 is 0 Å². The lowest BCUT2D eigenvalue weighted by molar-refractivity contribution is -0.0970. The Labute approximate surface area is 189 Å². The number of thiazole rings is 1. The van der Waals surface area contributed by atoms with Crippen molar-refractivity contribution in [1.82, 2.24) is 19.9 Å². The number of ether oxygens (including phenoxy) is 1. The summed E-state index contributed by atoms with van der Waals surface area (Å²) in [5.74, 6) is 0.671. The number of rotatable bonds is 3. The number of morpholine rings is 1. The van der Waals surface area contributed by atoms with Gasteiger partial charge in [0.25, 0.3) is 0 Å². The van der Waals surface area contributed by atoms with Gasteiger partial charge in [0.05, 0.1) is 19.3 Å². The van der Waals surface area contributed by atoms with E-state index in [0.717, 1.165) is 29.9 Å². The largest absolute Gasteiger partial charge is 0.378 e. The van der Waals surface area contributed by atoms with E-state index in [1.165, 1.54) is 17.5 Å². The van der Waals surface area contributed by atoms with Crippen LogP contribution in [0.2, 0.25) is 5.02 Å². The molecule has 0 radical (unpaired) electrons. The van der Waals surface area contributed by atoms with Gasteiger partial charge in [-0.1, -0.05) is 23.7 Å². The number of hydrogen-bond acceptors (Lipinski definition) is 9. The first-order valence-electron chi connectivity index (χ1n) is 9.95. The van der Waals surface area contributed by atoms with Gasteiger partial charge in [-0.15, -0.1) is 11.3 Å². The highest BCUT2D eigenvalue weighted by atomic mass is 35.5. The molecule has 1 spiro atoms. The van der Waals surface area contributed by atoms with Gasteiger partial charge in [-0.05, 0) is 25.6 Å². The number of nitrogens with two attached hydrogens (primary N) is 1. The predicted molar refractivity (Wildman–Crippen MR) is 121 cm³/mol. The molecule has 2 aromatic heterocycles. The molecule has 0 bridgehead atoms. The van der Waals surface area contributed by atoms with Gasteiger partial charge in [-0.3, -0.25) is 0 Å². The van der Waals surface area contributed by atoms with Crippen LogP contribution in [0, 0.1) is 0 Å². The lowest BCUT2D eigenvalue weighted by Gasteiger charge is -2.39. The fraction of sp³-hybridized carbons (Fsp3) is 0.381. The Bertz CT molecular complexity index is 1130. The molecule has 1 unspecified atom stereocenters. The Morgan fingerprint density at radius 1 is 1.32 bits per heavy atom. The van der Waals surface area contributed by atoms with Crippen molar-refractivity contribution < 1.29 is 9.84 Å². The lowest BCUT2D eigenvalue weighted by atomic mass is 9.89. The SMILES string of the molecule is CN1CCOC2(C1)CN(c1nc(N)ncc1Cl)c1cc([C@@](C)(O)c3nccs3)ccc12. The normalized spacial score (nSPS) is 23.2. The zero-order chi connectivity index (χ0) is 21.8. The Hall–Kier alpha value is -2.30. The number of nitrogens with zero attached hydrogens (tertiary/aromatic N) is 5. The maximum absolute atomic E-state index is 11.3. The molecule has 0 aliphatic carbocycles. The summed E-state index contributed by atoms with van der Waals surface area (Å²) >= 11 is 7.90. The molecule has 3 N–H and O–H groups in total. The third-order valence-corrected chi connectivity index (χ3v) is 7.23. The molecular weight excluding hydrogens is 436 g/mol. The molecule has 2 aliphatic heterocycles. The third-order valence-electron chi connectivity index (χ3n) is 5.98. The molecule has 2 aliphatic rings. The van der Waals surface area contributed by atoms with E-state index >= 15 is 0 Å². The number of hydrogen-bond donors (Lipinski definition) is 2. The molecule has 5 rings (SSSR count). The Kier molecular flexibility index (Phi) is 4.91. The summed E-state index contributed by atoms with van der Waals surface area (Å²) in [5.41, 5.74) is 6.75. The fourth-order valence-corrected chi connectivity index (χ4v) is 5.33. The standard InChI is InChI=1S/C21H23ClN6O2S/c1-20(29,18-24-5-8-31-18)13-3-4-14-16(9-13)28(17-15(22)10-25-19(23)26-17)12-21(14)11-27(2)6-7-30-21/h3-5,8-10,29H,6-7,11-12H2,1-2H3,(H2,23,25,26)/t20-,21?/m1/s1. The average molecular weight is 459 g/mol. The Morgan fingerprint density at radius 2 is 2.16 bits per heavy atom. The van der Waals surface area contributed by atoms with E-state index in [1.54, 1.807) is 13.1 Å². The number of anilines is 3. The van der Waals surface area contributed by atoms with Gasteiger partial charge in [-0.25, -0.2) is 9.97 Å². The molecule has 1 aromatic carbocycles. The van der Waals surface area contributed by atoms with Gasteiger partial charge in [0.2, 0.25) is 5.95 Å². The number of benzene rings is 1. The maximum atomic E-state index is 11.3. The first-order chi connectivity index (χ1) is 14.8. The van der Waals surface area contributed by atoms with Crippen molar-refractivity contribution in [2.75, 3.05) is 43.9 Å². The first kappa shape index (κ1) is 20.6. The second kappa shape index (κ2) is 7.39. The number of aromatic nitrogens is 3. The van der Waals surface area contributed by atoms with Crippen LogP contribution >= 0.6 is 22.9 Å². The molecule has 4 heterocycles. The van der Waals surface area contributed by atoms with Crippen molar-refractivity contribution in [1.29, 1.82) is 0 Å². The van der Waals surface area contributed by atoms with Crippen LogP contribution in [0.1, 0.15) is 23.1 Å². The van der Waals surface area contributed by atoms with Crippen molar-refractivity contribution >= 4 is 40.4 Å². The van der Waals surface area contributed by atoms with Gasteiger partial charge in [0.15, 0.2) is 5.82 Å². The lowest BCUT2D eigenvalue weighted by Crippen LogP contribution is -2.50. The predicted octanol–water partition coefficient (Wildman–Crippen LogP) is 2.73. The van der Waals surface area contributed by atoms with E-state index in [-0.39, 0.29) is 5.95 Å². The molecule has 2 atom stereocenters. The average Bonchev–Trinajstić information content (AvgIpc) is 3.38. The monoisotopic (exact) mass is 458 g/mol. The Balaban J connectivity index is 1.67. The van der Waals surface area contributed by atoms with Crippen molar-refractivity contribution in [3.8, 4) is 0 Å². The van der Waals surface area contributed by atoms with Crippen LogP contribution in [0.15, 0.2) is 36.0 Å². The molecule has 0 amide bonds. The summed E-state index contributed by atoms with van der Waals surface area (Å²) < 4.78 is 6.37. The van der Waals surface area contributed by atoms with Crippen LogP contribution in [0.3, 0.4) is 0 Å². The van der Waals surface area contributed by atoms with Crippen LogP contribution in [0.25, 0.3) is 0 Å². The second-order valence-electron chi connectivity index (χ2n) is 8.21. The first-order valence-corrected chi connectivity index (χ1v) is 11.2. The molecule has 1 fully saturated rings. The third kappa shape index (κ3) is 3.37. The minimum absolute atomic E-state index is 0.148. The van der Waals surface area contributed by atoms with E-state index in [2.05, 4.69) is 26.9 Å². The fourth-order valence-electron chi connectivity index (χ4n) is 4.42. The molecule has 1 saturated heterocycles. The summed E-state index contributed by atoms with van der Waals surface area (Å²) in [6.45, 7) is 4.52. The molecule has 8 nitrogen and oxygen atoms in total. The zero-order valence-corrected chi connectivity index (χ0v) is 18.8. The van der Waals surface area contributed by atoms with E-state index in [0.29, 0.717) is 29.0 Å². The van der Waals surface area contributed by atoms with Crippen molar-refractivity contribution in [3.63, 3.8) is 0 Å². The van der Waals surface area contributed by atoms with E-state index < -0.39 is 11.2 Å². The van der Waals surface area contributed by atoms with Crippen LogP contribution in [-0.4, -0.2) is 58.2 Å². The second-order valence-corrected chi connectivity index (χ2v) is 9.51. The van der Waals surface area contributed by atoms with Crippen molar-refractivity contribution in [3.05, 3.63) is 57.1 Å². The molecule has 162 valence electrons. The zero-order valence-electron chi connectivity index (χ0n) is 17.2. The van der Waals surface area contributed by atoms with Crippen LogP contribution in [-0.2, 0) is 15.9 Å². The minimum atomic E-state index is -1.23. The number of likely N-dealkylation sites (N-methyl/N-ethyl adjacent to an activating group) is 1. The quantitative estimate of drug-likeness (QED) is 0.618. The highest BCUT2D eigenvalue weighted by Gasteiger charge is 2.48. The summed E-state index contributed by atoms with van der Waals surface area (Å²) in [6, 6.07) is 5.95.